The number of hydrogen-bond acceptors (Lipinski definition) is 6. The van der Waals surface area contributed by atoms with Gasteiger partial charge in [0.2, 0.25) is 5.91 Å². The number of nitrogens with zero attached hydrogens (tertiary/aromatic N) is 5. The molecule has 5 heterocycles. The van der Waals surface area contributed by atoms with Crippen molar-refractivity contribution >= 4 is 22.6 Å². The molecule has 45 heavy (non-hydrogen) atoms. The Kier molecular flexibility index (Phi) is 11.8. The van der Waals surface area contributed by atoms with E-state index in [1.54, 1.807) is 31.3 Å². The number of carbonyl (C=O) groups is 2. The average Bonchev–Trinajstić information content (AvgIpc) is 3.48. The fourth-order valence-electron chi connectivity index (χ4n) is 5.58. The van der Waals surface area contributed by atoms with E-state index in [9.17, 15) is 9.59 Å². The van der Waals surface area contributed by atoms with Crippen LogP contribution in [-0.4, -0.2) is 63.3 Å². The Morgan fingerprint density at radius 2 is 1.73 bits per heavy atom. The monoisotopic (exact) mass is 616 g/mol. The highest BCUT2D eigenvalue weighted by Crippen LogP contribution is 2.38. The zero-order chi connectivity index (χ0) is 32.5. The van der Waals surface area contributed by atoms with Gasteiger partial charge in [-0.1, -0.05) is 58.7 Å². The molecule has 1 saturated heterocycles. The van der Waals surface area contributed by atoms with E-state index in [2.05, 4.69) is 33.8 Å². The van der Waals surface area contributed by atoms with Crippen LogP contribution in [0.5, 0.6) is 0 Å². The number of fused-ring (bicyclic) bond motifs is 2. The minimum atomic E-state index is -0.466. The third kappa shape index (κ3) is 7.22. The number of aromatic nitrogens is 4. The lowest BCUT2D eigenvalue weighted by molar-refractivity contribution is -0.129. The third-order valence-corrected chi connectivity index (χ3v) is 8.19. The number of unbranched alkanes of at least 4 members (excludes halogenated alkanes) is 1. The summed E-state index contributed by atoms with van der Waals surface area (Å²) in [5.74, 6) is -0.756. The molecule has 1 N–H and O–H groups in total. The van der Waals surface area contributed by atoms with E-state index in [0.717, 1.165) is 41.8 Å². The van der Waals surface area contributed by atoms with E-state index in [1.807, 2.05) is 30.9 Å². The highest BCUT2D eigenvalue weighted by atomic mass is 19.1. The lowest BCUT2D eigenvalue weighted by Crippen LogP contribution is -2.35. The number of nitrogens with one attached hydrogen (secondary N) is 1. The van der Waals surface area contributed by atoms with Gasteiger partial charge >= 0.3 is 0 Å². The van der Waals surface area contributed by atoms with Crippen LogP contribution < -0.4 is 5.32 Å². The van der Waals surface area contributed by atoms with E-state index in [1.165, 1.54) is 26.1 Å². The highest BCUT2D eigenvalue weighted by Gasteiger charge is 2.31. The molecule has 0 atom stereocenters. The van der Waals surface area contributed by atoms with Crippen LogP contribution in [-0.2, 0) is 22.5 Å². The predicted octanol–water partition coefficient (Wildman–Crippen LogP) is 6.75. The molecule has 2 aliphatic rings. The van der Waals surface area contributed by atoms with Crippen LogP contribution in [0.3, 0.4) is 0 Å². The van der Waals surface area contributed by atoms with Crippen LogP contribution in [0.2, 0.25) is 0 Å². The van der Waals surface area contributed by atoms with Crippen molar-refractivity contribution in [2.45, 2.75) is 79.3 Å². The van der Waals surface area contributed by atoms with Crippen LogP contribution in [0.15, 0.2) is 42.7 Å². The quantitative estimate of drug-likeness (QED) is 0.266. The number of halogens is 1. The van der Waals surface area contributed by atoms with Gasteiger partial charge in [0, 0.05) is 92.2 Å². The SMILES string of the molecule is CC.CCCC.CNC(=O)c1ccc(-c2ncc3c(-c4nn(C5CCOCC5)c5c4CN(C(C)=O)CC5)cccc3c2F)cn1. The fraction of sp³-hybridized carbons (Fsp3) is 0.457. The summed E-state index contributed by atoms with van der Waals surface area (Å²) in [4.78, 5) is 34.6. The van der Waals surface area contributed by atoms with Gasteiger partial charge in [-0.25, -0.2) is 4.39 Å². The van der Waals surface area contributed by atoms with E-state index in [0.29, 0.717) is 42.6 Å². The van der Waals surface area contributed by atoms with Crippen molar-refractivity contribution in [2.24, 2.45) is 0 Å². The first-order valence-corrected chi connectivity index (χ1v) is 16.1. The smallest absolute Gasteiger partial charge is 0.269 e. The maximum Gasteiger partial charge on any atom is 0.269 e. The molecule has 0 radical (unpaired) electrons. The van der Waals surface area contributed by atoms with Crippen molar-refractivity contribution in [2.75, 3.05) is 26.8 Å². The molecular formula is C35H45FN6O3. The van der Waals surface area contributed by atoms with Crippen LogP contribution >= 0.6 is 0 Å². The van der Waals surface area contributed by atoms with E-state index >= 15 is 4.39 Å². The lowest BCUT2D eigenvalue weighted by atomic mass is 9.96. The van der Waals surface area contributed by atoms with Crippen LogP contribution in [0.4, 0.5) is 4.39 Å². The number of ether oxygens (including phenoxy) is 1. The Hall–Kier alpha value is -4.18. The summed E-state index contributed by atoms with van der Waals surface area (Å²) in [5, 5.41) is 8.69. The summed E-state index contributed by atoms with van der Waals surface area (Å²) in [6.07, 6.45) is 8.24. The molecule has 9 nitrogen and oxygen atoms in total. The number of amides is 2. The summed E-state index contributed by atoms with van der Waals surface area (Å²) in [5.41, 5.74) is 4.57. The molecule has 0 spiro atoms. The fourth-order valence-corrected chi connectivity index (χ4v) is 5.58. The first-order valence-electron chi connectivity index (χ1n) is 16.1. The molecule has 10 heteroatoms. The first-order chi connectivity index (χ1) is 21.9. The van der Waals surface area contributed by atoms with Crippen LogP contribution in [0.25, 0.3) is 33.3 Å². The second kappa shape index (κ2) is 15.7. The molecule has 1 fully saturated rings. The number of benzene rings is 1. The Bertz CT molecular complexity index is 1610. The number of rotatable bonds is 5. The summed E-state index contributed by atoms with van der Waals surface area (Å²) >= 11 is 0. The Morgan fingerprint density at radius 1 is 1.00 bits per heavy atom. The molecule has 0 bridgehead atoms. The topological polar surface area (TPSA) is 102 Å². The Balaban J connectivity index is 0.000000713. The molecule has 1 aromatic carbocycles. The van der Waals surface area contributed by atoms with Gasteiger partial charge in [-0.05, 0) is 25.0 Å². The van der Waals surface area contributed by atoms with Gasteiger partial charge < -0.3 is 15.0 Å². The van der Waals surface area contributed by atoms with E-state index in [4.69, 9.17) is 9.84 Å². The third-order valence-electron chi connectivity index (χ3n) is 8.19. The minimum absolute atomic E-state index is 0.0248. The standard InChI is InChI=1S/C29H29FN6O3.C4H10.C2H6/c1-17(37)35-11-8-25-23(16-35)28(34-36(25)19-9-12-39-13-10-19)21-5-3-4-20-22(21)15-33-27(26(20)30)18-6-7-24(32-14-18)29(38)31-2;1-3-4-2;1-2/h3-7,14-15,19H,8-13,16H2,1-2H3,(H,31,38);3-4H2,1-2H3;1-2H3. The summed E-state index contributed by atoms with van der Waals surface area (Å²) in [6.45, 7) is 12.5. The van der Waals surface area contributed by atoms with E-state index in [-0.39, 0.29) is 29.2 Å². The molecule has 240 valence electrons. The average molecular weight is 617 g/mol. The van der Waals surface area contributed by atoms with E-state index < -0.39 is 5.82 Å². The number of pyridine rings is 2. The second-order valence-electron chi connectivity index (χ2n) is 11.0. The normalized spacial score (nSPS) is 14.5. The molecule has 4 aromatic rings. The molecule has 2 aliphatic heterocycles. The summed E-state index contributed by atoms with van der Waals surface area (Å²) < 4.78 is 23.6. The van der Waals surface area contributed by atoms with Gasteiger partial charge in [0.05, 0.1) is 11.7 Å². The van der Waals surface area contributed by atoms with Crippen LogP contribution in [0.1, 0.15) is 88.1 Å². The maximum absolute atomic E-state index is 15.9. The van der Waals surface area contributed by atoms with Crippen molar-refractivity contribution in [3.63, 3.8) is 0 Å². The molecule has 0 unspecified atom stereocenters. The zero-order valence-corrected chi connectivity index (χ0v) is 27.3. The summed E-state index contributed by atoms with van der Waals surface area (Å²) in [7, 11) is 1.53. The maximum atomic E-state index is 15.9. The molecule has 0 aliphatic carbocycles. The Labute approximate surface area is 265 Å². The van der Waals surface area contributed by atoms with Gasteiger partial charge in [-0.15, -0.1) is 0 Å². The highest BCUT2D eigenvalue weighted by molar-refractivity contribution is 5.98. The molecule has 2 amide bonds. The second-order valence-corrected chi connectivity index (χ2v) is 11.0. The van der Waals surface area contributed by atoms with Crippen molar-refractivity contribution < 1.29 is 18.7 Å². The lowest BCUT2D eigenvalue weighted by Gasteiger charge is -2.29. The zero-order valence-electron chi connectivity index (χ0n) is 27.3. The minimum Gasteiger partial charge on any atom is -0.381 e. The Morgan fingerprint density at radius 3 is 2.36 bits per heavy atom. The van der Waals surface area contributed by atoms with Gasteiger partial charge in [-0.3, -0.25) is 24.2 Å². The van der Waals surface area contributed by atoms with Crippen molar-refractivity contribution in [1.82, 2.24) is 30.0 Å². The van der Waals surface area contributed by atoms with Gasteiger partial charge in [0.15, 0.2) is 5.82 Å². The van der Waals surface area contributed by atoms with Crippen molar-refractivity contribution in [3.8, 4) is 22.5 Å². The molecule has 0 saturated carbocycles. The van der Waals surface area contributed by atoms with Gasteiger partial charge in [-0.2, -0.15) is 5.10 Å². The van der Waals surface area contributed by atoms with Crippen LogP contribution in [0, 0.1) is 5.82 Å². The van der Waals surface area contributed by atoms with Gasteiger partial charge in [0.25, 0.3) is 5.91 Å². The molecule has 6 rings (SSSR count). The molecular weight excluding hydrogens is 571 g/mol. The van der Waals surface area contributed by atoms with Crippen molar-refractivity contribution in [3.05, 3.63) is 65.5 Å². The van der Waals surface area contributed by atoms with Gasteiger partial charge in [0.1, 0.15) is 11.4 Å². The summed E-state index contributed by atoms with van der Waals surface area (Å²) in [6, 6.07) is 8.91. The number of hydrogen-bond donors (Lipinski definition) is 1. The van der Waals surface area contributed by atoms with Crippen molar-refractivity contribution in [1.29, 1.82) is 0 Å². The first kappa shape index (κ1) is 33.7. The largest absolute Gasteiger partial charge is 0.381 e. The molecule has 3 aromatic heterocycles. The predicted molar refractivity (Wildman–Crippen MR) is 175 cm³/mol. The number of carbonyl (C=O) groups excluding carboxylic acids is 2.